The van der Waals surface area contributed by atoms with Gasteiger partial charge in [-0.2, -0.15) is 4.98 Å². The molecule has 2 heterocycles. The van der Waals surface area contributed by atoms with Crippen LogP contribution in [0.4, 0.5) is 4.39 Å². The van der Waals surface area contributed by atoms with Crippen LogP contribution in [0, 0.1) is 5.82 Å². The van der Waals surface area contributed by atoms with Crippen LogP contribution in [0.2, 0.25) is 5.02 Å². The highest BCUT2D eigenvalue weighted by Crippen LogP contribution is 2.26. The topological polar surface area (TPSA) is 51.4 Å². The summed E-state index contributed by atoms with van der Waals surface area (Å²) in [5.41, 5.74) is 1.58. The number of fused-ring (bicyclic) bond motifs is 1. The zero-order valence-corrected chi connectivity index (χ0v) is 14.7. The van der Waals surface area contributed by atoms with E-state index < -0.39 is 0 Å². The monoisotopic (exact) mass is 373 g/mol. The lowest BCUT2D eigenvalue weighted by Gasteiger charge is -2.16. The van der Waals surface area contributed by atoms with Crippen LogP contribution in [0.5, 0.6) is 5.75 Å². The van der Waals surface area contributed by atoms with Crippen LogP contribution in [0.1, 0.15) is 22.8 Å². The van der Waals surface area contributed by atoms with Crippen molar-refractivity contribution < 1.29 is 13.7 Å². The van der Waals surface area contributed by atoms with Crippen molar-refractivity contribution >= 4 is 11.6 Å². The highest BCUT2D eigenvalue weighted by molar-refractivity contribution is 6.30. The molecule has 0 saturated carbocycles. The largest absolute Gasteiger partial charge is 0.492 e. The number of aromatic nitrogens is 2. The van der Waals surface area contributed by atoms with Gasteiger partial charge in [-0.25, -0.2) is 4.39 Å². The highest BCUT2D eigenvalue weighted by atomic mass is 35.5. The minimum absolute atomic E-state index is 0.267. The predicted octanol–water partition coefficient (Wildman–Crippen LogP) is 3.85. The normalized spacial score (nSPS) is 14.5. The molecule has 0 atom stereocenters. The predicted molar refractivity (Wildman–Crippen MR) is 94.6 cm³/mol. The fraction of sp³-hybridized carbons (Fsp3) is 0.263. The van der Waals surface area contributed by atoms with Crippen LogP contribution in [0.3, 0.4) is 0 Å². The lowest BCUT2D eigenvalue weighted by molar-refractivity contribution is 0.196. The molecule has 0 fully saturated rings. The Hall–Kier alpha value is -2.44. The zero-order valence-electron chi connectivity index (χ0n) is 14.0. The summed E-state index contributed by atoms with van der Waals surface area (Å²) in [6.45, 7) is 2.49. The highest BCUT2D eigenvalue weighted by Gasteiger charge is 2.18. The summed E-state index contributed by atoms with van der Waals surface area (Å²) in [5.74, 6) is 1.56. The van der Waals surface area contributed by atoms with Gasteiger partial charge in [-0.3, -0.25) is 4.90 Å². The molecule has 0 radical (unpaired) electrons. The van der Waals surface area contributed by atoms with Crippen molar-refractivity contribution in [3.05, 3.63) is 76.1 Å². The third kappa shape index (κ3) is 3.86. The summed E-state index contributed by atoms with van der Waals surface area (Å²) in [4.78, 5) is 6.55. The Morgan fingerprint density at radius 3 is 2.96 bits per heavy atom. The molecule has 0 saturated heterocycles. The summed E-state index contributed by atoms with van der Waals surface area (Å²) < 4.78 is 24.9. The fourth-order valence-electron chi connectivity index (χ4n) is 2.98. The molecule has 5 nitrogen and oxygen atoms in total. The quantitative estimate of drug-likeness (QED) is 0.695. The van der Waals surface area contributed by atoms with Crippen LogP contribution in [0.15, 0.2) is 47.0 Å². The Labute approximate surface area is 155 Å². The number of hydrogen-bond acceptors (Lipinski definition) is 5. The summed E-state index contributed by atoms with van der Waals surface area (Å²) >= 11 is 6.09. The van der Waals surface area contributed by atoms with E-state index in [9.17, 15) is 4.39 Å². The van der Waals surface area contributed by atoms with Gasteiger partial charge in [-0.05, 0) is 29.8 Å². The minimum Gasteiger partial charge on any atom is -0.492 e. The van der Waals surface area contributed by atoms with Crippen LogP contribution in [-0.4, -0.2) is 28.2 Å². The molecule has 1 aliphatic heterocycles. The molecule has 0 spiro atoms. The van der Waals surface area contributed by atoms with Crippen molar-refractivity contribution in [3.63, 3.8) is 0 Å². The number of nitrogens with zero attached hydrogens (tertiary/aromatic N) is 3. The summed E-state index contributed by atoms with van der Waals surface area (Å²) in [5, 5.41) is 4.65. The third-order valence-corrected chi connectivity index (χ3v) is 4.49. The van der Waals surface area contributed by atoms with E-state index in [4.69, 9.17) is 20.9 Å². The maximum absolute atomic E-state index is 13.8. The maximum atomic E-state index is 13.8. The average molecular weight is 374 g/mol. The van der Waals surface area contributed by atoms with E-state index >= 15 is 0 Å². The van der Waals surface area contributed by atoms with Gasteiger partial charge in [-0.1, -0.05) is 35.0 Å². The van der Waals surface area contributed by atoms with E-state index in [-0.39, 0.29) is 5.82 Å². The van der Waals surface area contributed by atoms with Gasteiger partial charge in [0, 0.05) is 30.1 Å². The van der Waals surface area contributed by atoms with Crippen molar-refractivity contribution in [2.45, 2.75) is 19.5 Å². The van der Waals surface area contributed by atoms with Gasteiger partial charge in [0.2, 0.25) is 5.89 Å². The Bertz CT molecular complexity index is 915. The van der Waals surface area contributed by atoms with Gasteiger partial charge in [0.25, 0.3) is 0 Å². The number of rotatable bonds is 4. The van der Waals surface area contributed by atoms with E-state index in [0.29, 0.717) is 48.4 Å². The molecule has 0 N–H and O–H groups in total. The summed E-state index contributed by atoms with van der Waals surface area (Å²) in [7, 11) is 0. The first-order valence-corrected chi connectivity index (χ1v) is 8.73. The van der Waals surface area contributed by atoms with Crippen molar-refractivity contribution in [1.82, 2.24) is 15.0 Å². The molecular weight excluding hydrogens is 357 g/mol. The zero-order chi connectivity index (χ0) is 17.9. The van der Waals surface area contributed by atoms with Crippen LogP contribution in [-0.2, 0) is 19.5 Å². The third-order valence-electron chi connectivity index (χ3n) is 4.26. The second-order valence-electron chi connectivity index (χ2n) is 6.18. The van der Waals surface area contributed by atoms with Crippen LogP contribution in [0.25, 0.3) is 0 Å². The number of ether oxygens (including phenoxy) is 1. The number of halogens is 2. The van der Waals surface area contributed by atoms with Crippen LogP contribution < -0.4 is 4.74 Å². The van der Waals surface area contributed by atoms with Crippen molar-refractivity contribution in [2.75, 3.05) is 13.2 Å². The lowest BCUT2D eigenvalue weighted by Crippen LogP contribution is -2.25. The molecule has 2 aromatic carbocycles. The molecule has 0 amide bonds. The smallest absolute Gasteiger partial charge is 0.240 e. The Balaban J connectivity index is 1.45. The second kappa shape index (κ2) is 7.43. The first kappa shape index (κ1) is 17.0. The fourth-order valence-corrected chi connectivity index (χ4v) is 3.18. The van der Waals surface area contributed by atoms with E-state index in [2.05, 4.69) is 15.0 Å². The molecule has 3 aromatic rings. The average Bonchev–Trinajstić information content (AvgIpc) is 2.95. The Morgan fingerprint density at radius 1 is 1.19 bits per heavy atom. The molecule has 7 heteroatoms. The molecule has 134 valence electrons. The lowest BCUT2D eigenvalue weighted by atomic mass is 10.1. The van der Waals surface area contributed by atoms with Gasteiger partial charge < -0.3 is 9.26 Å². The first-order chi connectivity index (χ1) is 12.7. The van der Waals surface area contributed by atoms with Gasteiger partial charge in [0.1, 0.15) is 18.2 Å². The van der Waals surface area contributed by atoms with Gasteiger partial charge in [-0.15, -0.1) is 0 Å². The number of benzene rings is 2. The standard InChI is InChI=1S/C19H17ClFN3O2/c20-15-5-6-17-14(9-15)11-24(7-8-25-17)12-19-22-18(23-26-19)10-13-3-1-2-4-16(13)21/h1-6,9H,7-8,10-12H2. The van der Waals surface area contributed by atoms with Crippen molar-refractivity contribution in [1.29, 1.82) is 0 Å². The second-order valence-corrected chi connectivity index (χ2v) is 6.62. The Morgan fingerprint density at radius 2 is 2.08 bits per heavy atom. The van der Waals surface area contributed by atoms with Gasteiger partial charge in [0.15, 0.2) is 5.82 Å². The molecule has 1 aromatic heterocycles. The maximum Gasteiger partial charge on any atom is 0.240 e. The molecule has 26 heavy (non-hydrogen) atoms. The molecule has 0 aliphatic carbocycles. The van der Waals surface area contributed by atoms with E-state index in [1.54, 1.807) is 18.2 Å². The molecule has 4 rings (SSSR count). The molecular formula is C19H17ClFN3O2. The molecule has 1 aliphatic rings. The molecule has 0 bridgehead atoms. The van der Waals surface area contributed by atoms with Crippen LogP contribution >= 0.6 is 11.6 Å². The van der Waals surface area contributed by atoms with E-state index in [1.807, 2.05) is 18.2 Å². The van der Waals surface area contributed by atoms with Gasteiger partial charge >= 0.3 is 0 Å². The van der Waals surface area contributed by atoms with E-state index in [1.165, 1.54) is 6.07 Å². The minimum atomic E-state index is -0.267. The van der Waals surface area contributed by atoms with Crippen molar-refractivity contribution in [3.8, 4) is 5.75 Å². The Kier molecular flexibility index (Phi) is 4.86. The van der Waals surface area contributed by atoms with E-state index in [0.717, 1.165) is 17.9 Å². The summed E-state index contributed by atoms with van der Waals surface area (Å²) in [6.07, 6.45) is 0.303. The molecule has 0 unspecified atom stereocenters. The SMILES string of the molecule is Fc1ccccc1Cc1noc(CN2CCOc3ccc(Cl)cc3C2)n1. The number of hydrogen-bond donors (Lipinski definition) is 0. The van der Waals surface area contributed by atoms with Gasteiger partial charge in [0.05, 0.1) is 6.54 Å². The van der Waals surface area contributed by atoms with Crippen molar-refractivity contribution in [2.24, 2.45) is 0 Å². The summed E-state index contributed by atoms with van der Waals surface area (Å²) in [6, 6.07) is 12.2. The first-order valence-electron chi connectivity index (χ1n) is 8.36.